The molecule has 0 unspecified atom stereocenters. The number of aromatic amines is 1. The molecule has 1 N–H and O–H groups in total. The molecular formula is C19H22N6O. The van der Waals surface area contributed by atoms with Crippen LogP contribution in [0.3, 0.4) is 0 Å². The summed E-state index contributed by atoms with van der Waals surface area (Å²) in [6.45, 7) is 4.12. The molecule has 1 fully saturated rings. The van der Waals surface area contributed by atoms with Gasteiger partial charge in [0.25, 0.3) is 5.91 Å². The van der Waals surface area contributed by atoms with Crippen LogP contribution in [0.25, 0.3) is 0 Å². The first-order chi connectivity index (χ1) is 12.7. The molecule has 1 amide bonds. The van der Waals surface area contributed by atoms with Gasteiger partial charge < -0.3 is 9.47 Å². The van der Waals surface area contributed by atoms with Crippen molar-refractivity contribution in [1.82, 2.24) is 29.6 Å². The average Bonchev–Trinajstić information content (AvgIpc) is 3.31. The zero-order valence-corrected chi connectivity index (χ0v) is 14.8. The van der Waals surface area contributed by atoms with Gasteiger partial charge in [-0.1, -0.05) is 0 Å². The Bertz CT molecular complexity index is 884. The second-order valence-corrected chi connectivity index (χ2v) is 6.80. The zero-order chi connectivity index (χ0) is 17.9. The van der Waals surface area contributed by atoms with E-state index in [0.717, 1.165) is 37.4 Å². The van der Waals surface area contributed by atoms with Gasteiger partial charge in [-0.3, -0.25) is 14.9 Å². The molecule has 1 aliphatic rings. The highest BCUT2D eigenvalue weighted by Crippen LogP contribution is 2.27. The first-order valence-corrected chi connectivity index (χ1v) is 8.92. The number of carbonyl (C=O) groups excluding carboxylic acids is 1. The van der Waals surface area contributed by atoms with E-state index < -0.39 is 0 Å². The number of nitrogens with one attached hydrogen (secondary N) is 1. The monoisotopic (exact) mass is 350 g/mol. The minimum absolute atomic E-state index is 0.00806. The predicted molar refractivity (Wildman–Crippen MR) is 96.8 cm³/mol. The Morgan fingerprint density at radius 3 is 2.92 bits per heavy atom. The molecule has 0 bridgehead atoms. The molecule has 0 radical (unpaired) electrons. The number of nitrogens with zero attached hydrogens (tertiary/aromatic N) is 5. The molecule has 4 heterocycles. The topological polar surface area (TPSA) is 79.7 Å². The SMILES string of the molecule is Cc1cc(C(=O)N2CCC[C@H](c3nccn3Cc3ccncc3)C2)n[nH]1. The lowest BCUT2D eigenvalue weighted by Gasteiger charge is -2.32. The van der Waals surface area contributed by atoms with Crippen LogP contribution in [0.15, 0.2) is 43.0 Å². The van der Waals surface area contributed by atoms with E-state index in [2.05, 4.69) is 24.7 Å². The van der Waals surface area contributed by atoms with Gasteiger partial charge >= 0.3 is 0 Å². The van der Waals surface area contributed by atoms with Crippen molar-refractivity contribution in [3.63, 3.8) is 0 Å². The number of aryl methyl sites for hydroxylation is 1. The maximum absolute atomic E-state index is 12.7. The molecule has 3 aromatic heterocycles. The number of H-pyrrole nitrogens is 1. The lowest BCUT2D eigenvalue weighted by molar-refractivity contribution is 0.0697. The molecule has 26 heavy (non-hydrogen) atoms. The predicted octanol–water partition coefficient (Wildman–Crippen LogP) is 2.38. The molecule has 134 valence electrons. The molecule has 0 saturated carbocycles. The van der Waals surface area contributed by atoms with Crippen LogP contribution in [0, 0.1) is 6.92 Å². The summed E-state index contributed by atoms with van der Waals surface area (Å²) in [6, 6.07) is 5.83. The first kappa shape index (κ1) is 16.5. The number of imidazole rings is 1. The molecule has 1 saturated heterocycles. The van der Waals surface area contributed by atoms with Crippen LogP contribution in [0.2, 0.25) is 0 Å². The lowest BCUT2D eigenvalue weighted by atomic mass is 9.96. The summed E-state index contributed by atoms with van der Waals surface area (Å²) in [5.41, 5.74) is 2.58. The highest BCUT2D eigenvalue weighted by Gasteiger charge is 2.28. The van der Waals surface area contributed by atoms with Gasteiger partial charge in [-0.25, -0.2) is 4.98 Å². The molecule has 7 nitrogen and oxygen atoms in total. The maximum atomic E-state index is 12.7. The summed E-state index contributed by atoms with van der Waals surface area (Å²) in [5, 5.41) is 6.95. The molecule has 1 atom stereocenters. The van der Waals surface area contributed by atoms with E-state index in [9.17, 15) is 4.79 Å². The number of hydrogen-bond donors (Lipinski definition) is 1. The Hall–Kier alpha value is -2.96. The van der Waals surface area contributed by atoms with E-state index in [1.165, 1.54) is 5.56 Å². The summed E-state index contributed by atoms with van der Waals surface area (Å²) in [6.07, 6.45) is 9.47. The van der Waals surface area contributed by atoms with E-state index in [1.807, 2.05) is 36.4 Å². The number of pyridine rings is 1. The minimum atomic E-state index is -0.00806. The van der Waals surface area contributed by atoms with E-state index in [0.29, 0.717) is 12.2 Å². The quantitative estimate of drug-likeness (QED) is 0.783. The fraction of sp³-hybridized carbons (Fsp3) is 0.368. The van der Waals surface area contributed by atoms with Gasteiger partial charge in [0.15, 0.2) is 0 Å². The number of hydrogen-bond acceptors (Lipinski definition) is 4. The van der Waals surface area contributed by atoms with Crippen molar-refractivity contribution in [1.29, 1.82) is 0 Å². The molecule has 3 aromatic rings. The maximum Gasteiger partial charge on any atom is 0.274 e. The summed E-state index contributed by atoms with van der Waals surface area (Å²) in [4.78, 5) is 23.3. The van der Waals surface area contributed by atoms with Gasteiger partial charge in [0.1, 0.15) is 11.5 Å². The van der Waals surface area contributed by atoms with Crippen molar-refractivity contribution >= 4 is 5.91 Å². The third kappa shape index (κ3) is 3.37. The van der Waals surface area contributed by atoms with Gasteiger partial charge in [0, 0.05) is 56.0 Å². The first-order valence-electron chi connectivity index (χ1n) is 8.92. The van der Waals surface area contributed by atoms with Crippen LogP contribution >= 0.6 is 0 Å². The molecule has 0 aromatic carbocycles. The van der Waals surface area contributed by atoms with Gasteiger partial charge in [0.2, 0.25) is 0 Å². The lowest BCUT2D eigenvalue weighted by Crippen LogP contribution is -2.40. The fourth-order valence-electron chi connectivity index (χ4n) is 3.56. The van der Waals surface area contributed by atoms with Gasteiger partial charge in [-0.15, -0.1) is 0 Å². The second kappa shape index (κ2) is 7.11. The van der Waals surface area contributed by atoms with Crippen molar-refractivity contribution in [2.75, 3.05) is 13.1 Å². The van der Waals surface area contributed by atoms with E-state index in [4.69, 9.17) is 0 Å². The minimum Gasteiger partial charge on any atom is -0.337 e. The van der Waals surface area contributed by atoms with Crippen LogP contribution < -0.4 is 0 Å². The van der Waals surface area contributed by atoms with Crippen molar-refractivity contribution in [2.24, 2.45) is 0 Å². The van der Waals surface area contributed by atoms with Crippen LogP contribution in [0.4, 0.5) is 0 Å². The number of carbonyl (C=O) groups is 1. The molecule has 0 aliphatic carbocycles. The van der Waals surface area contributed by atoms with Crippen LogP contribution in [-0.4, -0.2) is 48.6 Å². The summed E-state index contributed by atoms with van der Waals surface area (Å²) in [5.74, 6) is 1.27. The molecular weight excluding hydrogens is 328 g/mol. The van der Waals surface area contributed by atoms with E-state index >= 15 is 0 Å². The van der Waals surface area contributed by atoms with Gasteiger partial charge in [0.05, 0.1) is 0 Å². The second-order valence-electron chi connectivity index (χ2n) is 6.80. The van der Waals surface area contributed by atoms with Crippen LogP contribution in [-0.2, 0) is 6.54 Å². The van der Waals surface area contributed by atoms with Crippen molar-refractivity contribution in [3.8, 4) is 0 Å². The van der Waals surface area contributed by atoms with Crippen molar-refractivity contribution in [3.05, 3.63) is 65.8 Å². The average molecular weight is 350 g/mol. The van der Waals surface area contributed by atoms with Gasteiger partial charge in [-0.2, -0.15) is 5.10 Å². The number of likely N-dealkylation sites (tertiary alicyclic amines) is 1. The Morgan fingerprint density at radius 2 is 2.15 bits per heavy atom. The molecule has 1 aliphatic heterocycles. The smallest absolute Gasteiger partial charge is 0.274 e. The number of piperidine rings is 1. The van der Waals surface area contributed by atoms with E-state index in [1.54, 1.807) is 18.5 Å². The largest absolute Gasteiger partial charge is 0.337 e. The van der Waals surface area contributed by atoms with Gasteiger partial charge in [-0.05, 0) is 43.5 Å². The van der Waals surface area contributed by atoms with Crippen LogP contribution in [0.1, 0.15) is 46.3 Å². The van der Waals surface area contributed by atoms with Crippen LogP contribution in [0.5, 0.6) is 0 Å². The summed E-state index contributed by atoms with van der Waals surface area (Å²) >= 11 is 0. The van der Waals surface area contributed by atoms with Crippen molar-refractivity contribution in [2.45, 2.75) is 32.2 Å². The number of rotatable bonds is 4. The summed E-state index contributed by atoms with van der Waals surface area (Å²) < 4.78 is 2.17. The zero-order valence-electron chi connectivity index (χ0n) is 14.8. The molecule has 0 spiro atoms. The third-order valence-electron chi connectivity index (χ3n) is 4.85. The normalized spacial score (nSPS) is 17.4. The number of amides is 1. The van der Waals surface area contributed by atoms with Crippen molar-refractivity contribution < 1.29 is 4.79 Å². The molecule has 4 rings (SSSR count). The Labute approximate surface area is 152 Å². The third-order valence-corrected chi connectivity index (χ3v) is 4.85. The van der Waals surface area contributed by atoms with E-state index in [-0.39, 0.29) is 11.8 Å². The highest BCUT2D eigenvalue weighted by atomic mass is 16.2. The molecule has 7 heteroatoms. The Morgan fingerprint density at radius 1 is 1.31 bits per heavy atom. The standard InChI is InChI=1S/C19H22N6O/c1-14-11-17(23-22-14)19(26)25-9-2-3-16(13-25)18-21-8-10-24(18)12-15-4-6-20-7-5-15/h4-8,10-11,16H,2-3,9,12-13H2,1H3,(H,22,23)/t16-/m0/s1. The Balaban J connectivity index is 1.50. The Kier molecular flexibility index (Phi) is 4.51. The highest BCUT2D eigenvalue weighted by molar-refractivity contribution is 5.92. The summed E-state index contributed by atoms with van der Waals surface area (Å²) in [7, 11) is 0. The fourth-order valence-corrected chi connectivity index (χ4v) is 3.56. The number of aromatic nitrogens is 5.